The Kier molecular flexibility index (Phi) is 9.29. The third-order valence-electron chi connectivity index (χ3n) is 7.83. The van der Waals surface area contributed by atoms with Gasteiger partial charge in [-0.1, -0.05) is 61.9 Å². The van der Waals surface area contributed by atoms with Crippen LogP contribution in [0.3, 0.4) is 0 Å². The molecule has 1 aliphatic carbocycles. The van der Waals surface area contributed by atoms with Crippen LogP contribution in [0.2, 0.25) is 0 Å². The van der Waals surface area contributed by atoms with Gasteiger partial charge in [0.1, 0.15) is 0 Å². The number of aliphatic hydroxyl groups is 1. The molecule has 4 unspecified atom stereocenters. The van der Waals surface area contributed by atoms with Crippen molar-refractivity contribution >= 4 is 15.9 Å². The Balaban J connectivity index is 1.53. The van der Waals surface area contributed by atoms with E-state index in [-0.39, 0.29) is 41.3 Å². The number of sulfonamides is 1. The maximum absolute atomic E-state index is 13.6. The molecule has 1 saturated carbocycles. The lowest BCUT2D eigenvalue weighted by Gasteiger charge is -2.31. The zero-order valence-electron chi connectivity index (χ0n) is 22.8. The van der Waals surface area contributed by atoms with Crippen LogP contribution in [0.1, 0.15) is 57.1 Å². The Hall–Kier alpha value is -2.26. The van der Waals surface area contributed by atoms with E-state index in [0.717, 1.165) is 43.4 Å². The molecule has 2 aliphatic rings. The first-order valence-corrected chi connectivity index (χ1v) is 15.3. The molecule has 0 radical (unpaired) electrons. The predicted molar refractivity (Wildman–Crippen MR) is 148 cm³/mol. The van der Waals surface area contributed by atoms with Gasteiger partial charge in [-0.05, 0) is 69.1 Å². The van der Waals surface area contributed by atoms with Crippen LogP contribution in [0.4, 0.5) is 0 Å². The van der Waals surface area contributed by atoms with Crippen molar-refractivity contribution in [3.63, 3.8) is 0 Å². The number of nitrogens with one attached hydrogen (secondary N) is 1. The third kappa shape index (κ3) is 7.03. The molecule has 1 aliphatic heterocycles. The van der Waals surface area contributed by atoms with Crippen molar-refractivity contribution < 1.29 is 23.1 Å². The highest BCUT2D eigenvalue weighted by Gasteiger charge is 2.45. The first-order valence-electron chi connectivity index (χ1n) is 13.8. The number of rotatable bonds is 11. The van der Waals surface area contributed by atoms with Crippen molar-refractivity contribution in [3.8, 4) is 0 Å². The molecule has 2 aromatic rings. The number of carbonyl (C=O) groups excluding carboxylic acids is 1. The van der Waals surface area contributed by atoms with E-state index >= 15 is 0 Å². The number of ether oxygens (including phenoxy) is 1. The number of aliphatic hydroxyl groups excluding tert-OH is 1. The minimum absolute atomic E-state index is 0.0608. The fourth-order valence-corrected chi connectivity index (χ4v) is 7.37. The van der Waals surface area contributed by atoms with Crippen molar-refractivity contribution in [3.05, 3.63) is 65.7 Å². The van der Waals surface area contributed by atoms with Gasteiger partial charge in [0.2, 0.25) is 15.9 Å². The Morgan fingerprint density at radius 1 is 1.11 bits per heavy atom. The van der Waals surface area contributed by atoms with Gasteiger partial charge in [-0.25, -0.2) is 8.42 Å². The van der Waals surface area contributed by atoms with Gasteiger partial charge in [-0.3, -0.25) is 4.79 Å². The Bertz CT molecular complexity index is 1160. The molecule has 4 atom stereocenters. The van der Waals surface area contributed by atoms with E-state index in [4.69, 9.17) is 4.74 Å². The minimum Gasteiger partial charge on any atom is -0.390 e. The number of nitrogens with zero attached hydrogens (tertiary/aromatic N) is 1. The summed E-state index contributed by atoms with van der Waals surface area (Å²) in [7, 11) is -3.83. The van der Waals surface area contributed by atoms with Gasteiger partial charge in [0, 0.05) is 25.6 Å². The Morgan fingerprint density at radius 2 is 1.82 bits per heavy atom. The van der Waals surface area contributed by atoms with E-state index in [9.17, 15) is 18.3 Å². The van der Waals surface area contributed by atoms with Crippen molar-refractivity contribution in [2.75, 3.05) is 19.7 Å². The van der Waals surface area contributed by atoms with E-state index in [2.05, 4.69) is 5.32 Å². The lowest BCUT2D eigenvalue weighted by Crippen LogP contribution is -2.52. The maximum atomic E-state index is 13.6. The van der Waals surface area contributed by atoms with Crippen LogP contribution in [-0.4, -0.2) is 61.2 Å². The molecule has 1 spiro atoms. The lowest BCUT2D eigenvalue weighted by molar-refractivity contribution is -0.127. The van der Waals surface area contributed by atoms with Gasteiger partial charge in [-0.2, -0.15) is 4.31 Å². The van der Waals surface area contributed by atoms with Crippen LogP contribution < -0.4 is 5.32 Å². The van der Waals surface area contributed by atoms with Gasteiger partial charge < -0.3 is 15.2 Å². The van der Waals surface area contributed by atoms with Crippen LogP contribution >= 0.6 is 0 Å². The summed E-state index contributed by atoms with van der Waals surface area (Å²) < 4.78 is 34.5. The molecule has 1 saturated heterocycles. The number of hydrogen-bond acceptors (Lipinski definition) is 5. The van der Waals surface area contributed by atoms with Gasteiger partial charge in [0.25, 0.3) is 0 Å². The highest BCUT2D eigenvalue weighted by molar-refractivity contribution is 7.89. The van der Waals surface area contributed by atoms with Crippen LogP contribution in [0.5, 0.6) is 0 Å². The first kappa shape index (κ1) is 28.7. The SMILES string of the molecule is Cc1ccc(S(=O)(=O)N(CC(C)C)CC(O)C(Cc2ccccc2)NC(=O)C2CCC3(CCCO3)C2)cc1. The lowest BCUT2D eigenvalue weighted by atomic mass is 9.95. The third-order valence-corrected chi connectivity index (χ3v) is 9.68. The molecule has 2 N–H and O–H groups in total. The van der Waals surface area contributed by atoms with Crippen molar-refractivity contribution in [2.45, 2.75) is 81.9 Å². The van der Waals surface area contributed by atoms with Crippen LogP contribution in [0.25, 0.3) is 0 Å². The molecule has 38 heavy (non-hydrogen) atoms. The molecule has 7 nitrogen and oxygen atoms in total. The molecule has 1 amide bonds. The summed E-state index contributed by atoms with van der Waals surface area (Å²) in [6, 6.07) is 15.8. The second-order valence-corrected chi connectivity index (χ2v) is 13.4. The fraction of sp³-hybridized carbons (Fsp3) is 0.567. The average molecular weight is 543 g/mol. The summed E-state index contributed by atoms with van der Waals surface area (Å²) in [6.45, 7) is 6.73. The van der Waals surface area contributed by atoms with E-state index in [0.29, 0.717) is 12.8 Å². The highest BCUT2D eigenvalue weighted by Crippen LogP contribution is 2.44. The van der Waals surface area contributed by atoms with Crippen LogP contribution in [0, 0.1) is 18.8 Å². The number of amides is 1. The first-order chi connectivity index (χ1) is 18.1. The molecule has 2 aromatic carbocycles. The average Bonchev–Trinajstić information content (AvgIpc) is 3.53. The maximum Gasteiger partial charge on any atom is 0.243 e. The zero-order chi connectivity index (χ0) is 27.3. The standard InChI is InChI=1S/C30H42N2O5S/c1-22(2)20-32(38(35,36)26-12-10-23(3)11-13-26)21-28(33)27(18-24-8-5-4-6-9-24)31-29(34)25-14-16-30(19-25)15-7-17-37-30/h4-6,8-13,22,25,27-28,33H,7,14-21H2,1-3H3,(H,31,34). The molecule has 2 fully saturated rings. The molecular weight excluding hydrogens is 500 g/mol. The smallest absolute Gasteiger partial charge is 0.243 e. The fourth-order valence-electron chi connectivity index (χ4n) is 5.75. The summed E-state index contributed by atoms with van der Waals surface area (Å²) in [5.74, 6) is -0.193. The number of aryl methyl sites for hydroxylation is 1. The van der Waals surface area contributed by atoms with E-state index in [1.807, 2.05) is 51.1 Å². The summed E-state index contributed by atoms with van der Waals surface area (Å²) in [5.41, 5.74) is 1.77. The number of carbonyl (C=O) groups is 1. The molecule has 8 heteroatoms. The quantitative estimate of drug-likeness (QED) is 0.446. The summed E-state index contributed by atoms with van der Waals surface area (Å²) in [6.07, 6.45) is 3.70. The highest BCUT2D eigenvalue weighted by atomic mass is 32.2. The second-order valence-electron chi connectivity index (χ2n) is 11.5. The molecule has 0 bridgehead atoms. The van der Waals surface area contributed by atoms with Crippen molar-refractivity contribution in [1.29, 1.82) is 0 Å². The minimum atomic E-state index is -3.83. The van der Waals surface area contributed by atoms with E-state index < -0.39 is 22.2 Å². The van der Waals surface area contributed by atoms with Gasteiger partial charge >= 0.3 is 0 Å². The van der Waals surface area contributed by atoms with E-state index in [1.165, 1.54) is 4.31 Å². The van der Waals surface area contributed by atoms with Crippen LogP contribution in [0.15, 0.2) is 59.5 Å². The van der Waals surface area contributed by atoms with E-state index in [1.54, 1.807) is 24.3 Å². The Morgan fingerprint density at radius 3 is 2.45 bits per heavy atom. The summed E-state index contributed by atoms with van der Waals surface area (Å²) in [5, 5.41) is 14.6. The summed E-state index contributed by atoms with van der Waals surface area (Å²) >= 11 is 0. The molecule has 4 rings (SSSR count). The van der Waals surface area contributed by atoms with Gasteiger partial charge in [0.05, 0.1) is 22.6 Å². The molecule has 1 heterocycles. The molecular formula is C30H42N2O5S. The number of benzene rings is 2. The predicted octanol–water partition coefficient (Wildman–Crippen LogP) is 4.08. The largest absolute Gasteiger partial charge is 0.390 e. The normalized spacial score (nSPS) is 23.3. The van der Waals surface area contributed by atoms with Crippen molar-refractivity contribution in [1.82, 2.24) is 9.62 Å². The second kappa shape index (κ2) is 12.3. The Labute approximate surface area is 227 Å². The van der Waals surface area contributed by atoms with Gasteiger partial charge in [0.15, 0.2) is 0 Å². The zero-order valence-corrected chi connectivity index (χ0v) is 23.6. The topological polar surface area (TPSA) is 95.9 Å². The number of hydrogen-bond donors (Lipinski definition) is 2. The molecule has 0 aromatic heterocycles. The van der Waals surface area contributed by atoms with Gasteiger partial charge in [-0.15, -0.1) is 0 Å². The monoisotopic (exact) mass is 542 g/mol. The molecule has 208 valence electrons. The van der Waals surface area contributed by atoms with Crippen molar-refractivity contribution in [2.24, 2.45) is 11.8 Å². The summed E-state index contributed by atoms with van der Waals surface area (Å²) in [4.78, 5) is 13.6. The van der Waals surface area contributed by atoms with Crippen LogP contribution in [-0.2, 0) is 26.0 Å².